The van der Waals surface area contributed by atoms with Crippen LogP contribution in [-0.4, -0.2) is 30.0 Å². The molecule has 0 unspecified atom stereocenters. The largest absolute Gasteiger partial charge is 0.469 e. The summed E-state index contributed by atoms with van der Waals surface area (Å²) in [7, 11) is 1.40. The number of aromatic nitrogens is 1. The Bertz CT molecular complexity index is 828. The first-order valence-electron chi connectivity index (χ1n) is 9.02. The fraction of sp³-hybridized carbons (Fsp3) is 0.381. The Balaban J connectivity index is 1.60. The van der Waals surface area contributed by atoms with Crippen molar-refractivity contribution in [2.75, 3.05) is 7.11 Å². The van der Waals surface area contributed by atoms with Crippen molar-refractivity contribution in [2.24, 2.45) is 5.41 Å². The number of rotatable bonds is 4. The van der Waals surface area contributed by atoms with E-state index in [1.165, 1.54) is 25.4 Å². The third kappa shape index (κ3) is 4.32. The number of carbonyl (C=O) groups is 2. The first-order chi connectivity index (χ1) is 12.9. The van der Waals surface area contributed by atoms with E-state index in [2.05, 4.69) is 10.3 Å². The smallest absolute Gasteiger partial charge is 0.311 e. The number of hydrogen-bond donors (Lipinski definition) is 1. The molecule has 1 heterocycles. The second kappa shape index (κ2) is 7.86. The highest BCUT2D eigenvalue weighted by Gasteiger charge is 2.38. The zero-order chi connectivity index (χ0) is 19.4. The zero-order valence-corrected chi connectivity index (χ0v) is 15.5. The first kappa shape index (κ1) is 19.0. The number of pyridine rings is 1. The summed E-state index contributed by atoms with van der Waals surface area (Å²) >= 11 is 0. The van der Waals surface area contributed by atoms with Crippen LogP contribution >= 0.6 is 0 Å². The quantitative estimate of drug-likeness (QED) is 0.833. The Morgan fingerprint density at radius 2 is 1.96 bits per heavy atom. The zero-order valence-electron chi connectivity index (χ0n) is 15.5. The van der Waals surface area contributed by atoms with Gasteiger partial charge in [0, 0.05) is 17.8 Å². The molecule has 1 saturated carbocycles. The van der Waals surface area contributed by atoms with Crippen LogP contribution in [0.5, 0.6) is 0 Å². The second-order valence-electron chi connectivity index (χ2n) is 7.24. The van der Waals surface area contributed by atoms with E-state index in [9.17, 15) is 14.0 Å². The molecule has 1 aliphatic carbocycles. The molecular weight excluding hydrogens is 347 g/mol. The number of carbonyl (C=O) groups excluding carboxylic acids is 2. The molecule has 0 radical (unpaired) electrons. The van der Waals surface area contributed by atoms with Gasteiger partial charge in [-0.05, 0) is 56.9 Å². The van der Waals surface area contributed by atoms with E-state index in [4.69, 9.17) is 4.74 Å². The lowest BCUT2D eigenvalue weighted by molar-refractivity contribution is -0.153. The molecule has 5 nitrogen and oxygen atoms in total. The summed E-state index contributed by atoms with van der Waals surface area (Å²) in [6.07, 6.45) is 4.32. The molecule has 0 aliphatic heterocycles. The molecule has 0 atom stereocenters. The standard InChI is InChI=1S/C21H23FN2O3/c1-21(20(26)27-2)10-8-17(9-11-21)24-19(25)15-6-7-18(23-13-15)14-4-3-5-16(22)12-14/h3-7,12-13,17H,8-11H2,1-2H3,(H,24,25)/t17-,21+. The number of nitrogens with zero attached hydrogens (tertiary/aromatic N) is 1. The number of ether oxygens (including phenoxy) is 1. The van der Waals surface area contributed by atoms with Crippen molar-refractivity contribution in [3.63, 3.8) is 0 Å². The molecule has 1 aromatic carbocycles. The fourth-order valence-corrected chi connectivity index (χ4v) is 3.47. The minimum absolute atomic E-state index is 0.0260. The van der Waals surface area contributed by atoms with Gasteiger partial charge in [0.05, 0.1) is 23.8 Å². The molecule has 1 aromatic heterocycles. The minimum atomic E-state index is -0.468. The van der Waals surface area contributed by atoms with Crippen LogP contribution in [0.25, 0.3) is 11.3 Å². The van der Waals surface area contributed by atoms with Gasteiger partial charge in [0.1, 0.15) is 5.82 Å². The average Bonchev–Trinajstić information content (AvgIpc) is 2.69. The normalized spacial score (nSPS) is 22.1. The van der Waals surface area contributed by atoms with Gasteiger partial charge in [0.25, 0.3) is 5.91 Å². The van der Waals surface area contributed by atoms with Gasteiger partial charge in [0.15, 0.2) is 0 Å². The molecule has 0 saturated heterocycles. The van der Waals surface area contributed by atoms with E-state index in [0.29, 0.717) is 29.7 Å². The fourth-order valence-electron chi connectivity index (χ4n) is 3.47. The van der Waals surface area contributed by atoms with Crippen molar-refractivity contribution >= 4 is 11.9 Å². The van der Waals surface area contributed by atoms with E-state index < -0.39 is 5.41 Å². The Hall–Kier alpha value is -2.76. The Kier molecular flexibility index (Phi) is 5.54. The highest BCUT2D eigenvalue weighted by Crippen LogP contribution is 2.37. The third-order valence-electron chi connectivity index (χ3n) is 5.25. The molecular formula is C21H23FN2O3. The van der Waals surface area contributed by atoms with Crippen molar-refractivity contribution in [3.05, 3.63) is 54.0 Å². The van der Waals surface area contributed by atoms with E-state index in [-0.39, 0.29) is 23.7 Å². The molecule has 1 N–H and O–H groups in total. The van der Waals surface area contributed by atoms with Crippen molar-refractivity contribution in [1.29, 1.82) is 0 Å². The number of methoxy groups -OCH3 is 1. The van der Waals surface area contributed by atoms with Crippen LogP contribution in [0.4, 0.5) is 4.39 Å². The lowest BCUT2D eigenvalue weighted by atomic mass is 9.74. The predicted octanol–water partition coefficient (Wildman–Crippen LogP) is 3.74. The van der Waals surface area contributed by atoms with Gasteiger partial charge in [-0.25, -0.2) is 4.39 Å². The molecule has 0 bridgehead atoms. The Morgan fingerprint density at radius 3 is 2.56 bits per heavy atom. The summed E-state index contributed by atoms with van der Waals surface area (Å²) in [5.41, 5.74) is 1.26. The number of esters is 1. The number of benzene rings is 1. The van der Waals surface area contributed by atoms with Gasteiger partial charge in [-0.1, -0.05) is 12.1 Å². The van der Waals surface area contributed by atoms with Crippen molar-refractivity contribution in [3.8, 4) is 11.3 Å². The summed E-state index contributed by atoms with van der Waals surface area (Å²) in [5, 5.41) is 3.01. The SMILES string of the molecule is COC(=O)[C@]1(C)CC[C@H](NC(=O)c2ccc(-c3cccc(F)c3)nc2)CC1. The third-order valence-corrected chi connectivity index (χ3v) is 5.25. The number of hydrogen-bond acceptors (Lipinski definition) is 4. The van der Waals surface area contributed by atoms with E-state index in [1.807, 2.05) is 6.92 Å². The monoisotopic (exact) mass is 370 g/mol. The Labute approximate surface area is 158 Å². The Morgan fingerprint density at radius 1 is 1.22 bits per heavy atom. The molecule has 3 rings (SSSR count). The predicted molar refractivity (Wildman–Crippen MR) is 99.5 cm³/mol. The summed E-state index contributed by atoms with van der Waals surface area (Å²) in [6, 6.07) is 9.59. The van der Waals surface area contributed by atoms with Crippen molar-refractivity contribution in [1.82, 2.24) is 10.3 Å². The topological polar surface area (TPSA) is 68.3 Å². The summed E-state index contributed by atoms with van der Waals surface area (Å²) < 4.78 is 18.2. The van der Waals surface area contributed by atoms with Crippen LogP contribution in [0.2, 0.25) is 0 Å². The molecule has 142 valence electrons. The van der Waals surface area contributed by atoms with Crippen LogP contribution in [0.15, 0.2) is 42.6 Å². The van der Waals surface area contributed by atoms with E-state index in [1.54, 1.807) is 24.3 Å². The molecule has 1 aliphatic rings. The highest BCUT2D eigenvalue weighted by atomic mass is 19.1. The maximum atomic E-state index is 13.3. The number of halogens is 1. The summed E-state index contributed by atoms with van der Waals surface area (Å²) in [4.78, 5) is 28.6. The molecule has 6 heteroatoms. The second-order valence-corrected chi connectivity index (χ2v) is 7.24. The van der Waals surface area contributed by atoms with Crippen LogP contribution in [0.1, 0.15) is 43.0 Å². The lowest BCUT2D eigenvalue weighted by Crippen LogP contribution is -2.42. The molecule has 1 amide bonds. The first-order valence-corrected chi connectivity index (χ1v) is 9.02. The average molecular weight is 370 g/mol. The van der Waals surface area contributed by atoms with Gasteiger partial charge in [-0.2, -0.15) is 0 Å². The van der Waals surface area contributed by atoms with Gasteiger partial charge < -0.3 is 10.1 Å². The van der Waals surface area contributed by atoms with E-state index >= 15 is 0 Å². The minimum Gasteiger partial charge on any atom is -0.469 e. The molecule has 2 aromatic rings. The maximum Gasteiger partial charge on any atom is 0.311 e. The van der Waals surface area contributed by atoms with E-state index in [0.717, 1.165) is 12.8 Å². The van der Waals surface area contributed by atoms with Crippen molar-refractivity contribution < 1.29 is 18.7 Å². The number of nitrogens with one attached hydrogen (secondary N) is 1. The van der Waals surface area contributed by atoms with Gasteiger partial charge in [0.2, 0.25) is 0 Å². The molecule has 1 fully saturated rings. The molecule has 0 spiro atoms. The van der Waals surface area contributed by atoms with Gasteiger partial charge in [-0.15, -0.1) is 0 Å². The molecule has 27 heavy (non-hydrogen) atoms. The summed E-state index contributed by atoms with van der Waals surface area (Å²) in [6.45, 7) is 1.91. The van der Waals surface area contributed by atoms with Crippen LogP contribution in [-0.2, 0) is 9.53 Å². The van der Waals surface area contributed by atoms with Crippen LogP contribution in [0, 0.1) is 11.2 Å². The van der Waals surface area contributed by atoms with Crippen molar-refractivity contribution in [2.45, 2.75) is 38.6 Å². The highest BCUT2D eigenvalue weighted by molar-refractivity contribution is 5.94. The lowest BCUT2D eigenvalue weighted by Gasteiger charge is -2.35. The van der Waals surface area contributed by atoms with Crippen LogP contribution in [0.3, 0.4) is 0 Å². The van der Waals surface area contributed by atoms with Gasteiger partial charge >= 0.3 is 5.97 Å². The summed E-state index contributed by atoms with van der Waals surface area (Å²) in [5.74, 6) is -0.711. The maximum absolute atomic E-state index is 13.3. The van der Waals surface area contributed by atoms with Crippen LogP contribution < -0.4 is 5.32 Å². The van der Waals surface area contributed by atoms with Gasteiger partial charge in [-0.3, -0.25) is 14.6 Å². The number of amides is 1.